The lowest BCUT2D eigenvalue weighted by molar-refractivity contribution is -0.168. The Labute approximate surface area is 157 Å². The number of halogens is 6. The predicted octanol–water partition coefficient (Wildman–Crippen LogP) is 3.73. The summed E-state index contributed by atoms with van der Waals surface area (Å²) in [7, 11) is 1.50. The number of hydrogen-bond acceptors (Lipinski definition) is 5. The molecular weight excluding hydrogens is 388 g/mol. The lowest BCUT2D eigenvalue weighted by Gasteiger charge is -2.38. The summed E-state index contributed by atoms with van der Waals surface area (Å²) >= 11 is 0. The summed E-state index contributed by atoms with van der Waals surface area (Å²) in [6.45, 7) is -0.675. The zero-order valence-electron chi connectivity index (χ0n) is 14.8. The topological polar surface area (TPSA) is 43.2 Å². The standard InChI is InChI=1S/C17H17F6N5/c1-27-15(24-10-25-26-27)28(9-14(19)20)13-7-11(6-12(18)8-13)2-3-16(4-5-16)17(21,22)23/h6-8,14-15,24H,4-5,9-10H2,1H3. The molecule has 0 amide bonds. The molecule has 1 saturated carbocycles. The molecule has 0 spiro atoms. The fraction of sp³-hybridized carbons (Fsp3) is 0.529. The van der Waals surface area contributed by atoms with Gasteiger partial charge < -0.3 is 4.90 Å². The maximum absolute atomic E-state index is 14.1. The van der Waals surface area contributed by atoms with E-state index < -0.39 is 36.7 Å². The average Bonchev–Trinajstić information content (AvgIpc) is 3.39. The van der Waals surface area contributed by atoms with Gasteiger partial charge in [0.1, 0.15) is 17.9 Å². The number of anilines is 1. The first kappa shape index (κ1) is 20.3. The minimum atomic E-state index is -4.46. The van der Waals surface area contributed by atoms with Crippen molar-refractivity contribution in [1.82, 2.24) is 10.3 Å². The second-order valence-electron chi connectivity index (χ2n) is 6.61. The molecule has 3 rings (SSSR count). The zero-order chi connectivity index (χ0) is 20.5. The van der Waals surface area contributed by atoms with Gasteiger partial charge in [0.05, 0.1) is 6.54 Å². The molecule has 1 heterocycles. The number of hydrogen-bond donors (Lipinski definition) is 1. The first-order valence-corrected chi connectivity index (χ1v) is 8.40. The van der Waals surface area contributed by atoms with Crippen molar-refractivity contribution in [1.29, 1.82) is 0 Å². The Morgan fingerprint density at radius 1 is 1.32 bits per heavy atom. The van der Waals surface area contributed by atoms with Crippen LogP contribution in [0.4, 0.5) is 32.0 Å². The molecule has 1 fully saturated rings. The fourth-order valence-electron chi connectivity index (χ4n) is 2.85. The normalized spacial score (nSPS) is 20.7. The van der Waals surface area contributed by atoms with Crippen LogP contribution in [0.3, 0.4) is 0 Å². The number of benzene rings is 1. The Kier molecular flexibility index (Phi) is 5.43. The summed E-state index contributed by atoms with van der Waals surface area (Å²) in [4.78, 5) is 1.16. The van der Waals surface area contributed by atoms with Crippen molar-refractivity contribution in [3.05, 3.63) is 29.6 Å². The van der Waals surface area contributed by atoms with Crippen LogP contribution in [0.25, 0.3) is 0 Å². The predicted molar refractivity (Wildman–Crippen MR) is 88.8 cm³/mol. The van der Waals surface area contributed by atoms with Gasteiger partial charge in [0.15, 0.2) is 6.29 Å². The first-order valence-electron chi connectivity index (χ1n) is 8.40. The summed E-state index contributed by atoms with van der Waals surface area (Å²) in [6, 6.07) is 3.28. The molecular formula is C17H17F6N5. The van der Waals surface area contributed by atoms with E-state index in [1.54, 1.807) is 0 Å². The lowest BCUT2D eigenvalue weighted by Crippen LogP contribution is -2.57. The molecule has 0 radical (unpaired) electrons. The Hall–Kier alpha value is -2.48. The van der Waals surface area contributed by atoms with Gasteiger partial charge in [-0.25, -0.2) is 18.2 Å². The quantitative estimate of drug-likeness (QED) is 0.613. The van der Waals surface area contributed by atoms with E-state index in [0.717, 1.165) is 17.0 Å². The van der Waals surface area contributed by atoms with Gasteiger partial charge in [-0.1, -0.05) is 17.1 Å². The fourth-order valence-corrected chi connectivity index (χ4v) is 2.85. The minimum absolute atomic E-state index is 0.0233. The molecule has 0 bridgehead atoms. The van der Waals surface area contributed by atoms with E-state index in [-0.39, 0.29) is 30.8 Å². The molecule has 0 saturated heterocycles. The van der Waals surface area contributed by atoms with E-state index in [1.165, 1.54) is 18.1 Å². The van der Waals surface area contributed by atoms with Crippen LogP contribution in [0, 0.1) is 23.1 Å². The van der Waals surface area contributed by atoms with Crippen molar-refractivity contribution in [3.8, 4) is 11.8 Å². The Bertz CT molecular complexity index is 808. The molecule has 1 aliphatic heterocycles. The summed E-state index contributed by atoms with van der Waals surface area (Å²) in [6.07, 6.45) is -8.25. The highest BCUT2D eigenvalue weighted by Crippen LogP contribution is 2.57. The third kappa shape index (κ3) is 4.32. The molecule has 1 aliphatic carbocycles. The zero-order valence-corrected chi connectivity index (χ0v) is 14.8. The number of nitrogens with one attached hydrogen (secondary N) is 1. The van der Waals surface area contributed by atoms with Crippen LogP contribution in [-0.2, 0) is 0 Å². The van der Waals surface area contributed by atoms with Crippen molar-refractivity contribution >= 4 is 5.69 Å². The molecule has 2 aliphatic rings. The van der Waals surface area contributed by atoms with Crippen LogP contribution in [0.5, 0.6) is 0 Å². The first-order chi connectivity index (χ1) is 13.1. The van der Waals surface area contributed by atoms with Crippen LogP contribution < -0.4 is 10.2 Å². The summed E-state index contributed by atoms with van der Waals surface area (Å²) in [5.74, 6) is 3.74. The van der Waals surface area contributed by atoms with Crippen molar-refractivity contribution in [2.45, 2.75) is 31.7 Å². The van der Waals surface area contributed by atoms with E-state index in [1.807, 2.05) is 0 Å². The van der Waals surface area contributed by atoms with Crippen LogP contribution >= 0.6 is 0 Å². The van der Waals surface area contributed by atoms with Gasteiger partial charge in [0.2, 0.25) is 0 Å². The van der Waals surface area contributed by atoms with Crippen molar-refractivity contribution < 1.29 is 26.3 Å². The van der Waals surface area contributed by atoms with Gasteiger partial charge in [-0.3, -0.25) is 5.32 Å². The van der Waals surface area contributed by atoms with Crippen molar-refractivity contribution in [2.24, 2.45) is 15.8 Å². The van der Waals surface area contributed by atoms with Crippen molar-refractivity contribution in [2.75, 3.05) is 25.2 Å². The molecule has 1 unspecified atom stereocenters. The SMILES string of the molecule is CN1N=NCNC1N(CC(F)F)c1cc(F)cc(C#CC2(C(F)(F)F)CC2)c1. The molecule has 1 aromatic rings. The monoisotopic (exact) mass is 405 g/mol. The third-order valence-electron chi connectivity index (χ3n) is 4.49. The van der Waals surface area contributed by atoms with Gasteiger partial charge >= 0.3 is 6.18 Å². The highest BCUT2D eigenvalue weighted by atomic mass is 19.4. The molecule has 11 heteroatoms. The Morgan fingerprint density at radius 3 is 2.61 bits per heavy atom. The molecule has 1 aromatic carbocycles. The summed E-state index contributed by atoms with van der Waals surface area (Å²) in [5, 5.41) is 11.6. The van der Waals surface area contributed by atoms with E-state index in [2.05, 4.69) is 27.5 Å². The van der Waals surface area contributed by atoms with Crippen LogP contribution in [0.1, 0.15) is 18.4 Å². The smallest absolute Gasteiger partial charge is 0.332 e. The third-order valence-corrected chi connectivity index (χ3v) is 4.49. The highest BCUT2D eigenvalue weighted by molar-refractivity contribution is 5.54. The molecule has 28 heavy (non-hydrogen) atoms. The maximum atomic E-state index is 14.1. The molecule has 1 atom stereocenters. The Balaban J connectivity index is 1.93. The number of alkyl halides is 5. The van der Waals surface area contributed by atoms with E-state index in [0.29, 0.717) is 0 Å². The van der Waals surface area contributed by atoms with Crippen LogP contribution in [0.15, 0.2) is 28.5 Å². The van der Waals surface area contributed by atoms with Gasteiger partial charge in [-0.15, -0.1) is 0 Å². The maximum Gasteiger partial charge on any atom is 0.405 e. The van der Waals surface area contributed by atoms with E-state index in [4.69, 9.17) is 0 Å². The van der Waals surface area contributed by atoms with Crippen LogP contribution in [0.2, 0.25) is 0 Å². The van der Waals surface area contributed by atoms with E-state index in [9.17, 15) is 26.3 Å². The average molecular weight is 405 g/mol. The van der Waals surface area contributed by atoms with Gasteiger partial charge in [0, 0.05) is 18.3 Å². The summed E-state index contributed by atoms with van der Waals surface area (Å²) in [5.41, 5.74) is -2.04. The molecule has 0 aromatic heterocycles. The lowest BCUT2D eigenvalue weighted by atomic mass is 10.1. The second-order valence-corrected chi connectivity index (χ2v) is 6.61. The van der Waals surface area contributed by atoms with Crippen LogP contribution in [-0.4, -0.2) is 44.2 Å². The number of nitrogens with zero attached hydrogens (tertiary/aromatic N) is 4. The van der Waals surface area contributed by atoms with Gasteiger partial charge in [-0.2, -0.15) is 18.3 Å². The molecule has 152 valence electrons. The minimum Gasteiger partial charge on any atom is -0.332 e. The molecule has 5 nitrogen and oxygen atoms in total. The Morgan fingerprint density at radius 2 is 2.04 bits per heavy atom. The second kappa shape index (κ2) is 7.50. The highest BCUT2D eigenvalue weighted by Gasteiger charge is 2.62. The number of rotatable bonds is 4. The van der Waals surface area contributed by atoms with Crippen molar-refractivity contribution in [3.63, 3.8) is 0 Å². The molecule has 1 N–H and O–H groups in total. The van der Waals surface area contributed by atoms with E-state index >= 15 is 0 Å². The largest absolute Gasteiger partial charge is 0.405 e. The summed E-state index contributed by atoms with van der Waals surface area (Å²) < 4.78 is 79.3. The van der Waals surface area contributed by atoms with Gasteiger partial charge in [-0.05, 0) is 31.0 Å². The van der Waals surface area contributed by atoms with Gasteiger partial charge in [0.25, 0.3) is 6.43 Å².